The SMILES string of the molecule is CC1CCCC(Nc2nccn3nccc23)(C(=O)O)C1. The Balaban J connectivity index is 1.98. The molecule has 2 N–H and O–H groups in total. The highest BCUT2D eigenvalue weighted by molar-refractivity contribution is 5.84. The summed E-state index contributed by atoms with van der Waals surface area (Å²) in [5, 5.41) is 17.0. The van der Waals surface area contributed by atoms with Crippen molar-refractivity contribution in [3.63, 3.8) is 0 Å². The molecule has 0 aliphatic heterocycles. The van der Waals surface area contributed by atoms with Gasteiger partial charge in [0.1, 0.15) is 11.1 Å². The molecule has 2 aromatic rings. The molecular formula is C14H18N4O2. The summed E-state index contributed by atoms with van der Waals surface area (Å²) in [6, 6.07) is 1.83. The van der Waals surface area contributed by atoms with E-state index in [1.165, 1.54) is 0 Å². The van der Waals surface area contributed by atoms with E-state index in [1.807, 2.05) is 6.07 Å². The van der Waals surface area contributed by atoms with E-state index in [4.69, 9.17) is 0 Å². The minimum absolute atomic E-state index is 0.400. The van der Waals surface area contributed by atoms with Gasteiger partial charge in [0.2, 0.25) is 0 Å². The van der Waals surface area contributed by atoms with Crippen LogP contribution < -0.4 is 5.32 Å². The number of nitrogens with one attached hydrogen (secondary N) is 1. The largest absolute Gasteiger partial charge is 0.480 e. The van der Waals surface area contributed by atoms with Crippen molar-refractivity contribution in [1.29, 1.82) is 0 Å². The third-order valence-electron chi connectivity index (χ3n) is 4.09. The summed E-state index contributed by atoms with van der Waals surface area (Å²) < 4.78 is 1.69. The first-order valence-corrected chi connectivity index (χ1v) is 6.91. The van der Waals surface area contributed by atoms with Crippen LogP contribution in [0.25, 0.3) is 5.52 Å². The van der Waals surface area contributed by atoms with Crippen molar-refractivity contribution in [2.45, 2.75) is 38.1 Å². The Morgan fingerprint density at radius 2 is 2.40 bits per heavy atom. The van der Waals surface area contributed by atoms with E-state index in [-0.39, 0.29) is 0 Å². The molecule has 1 saturated carbocycles. The van der Waals surface area contributed by atoms with Crippen molar-refractivity contribution in [3.8, 4) is 0 Å². The summed E-state index contributed by atoms with van der Waals surface area (Å²) in [5.74, 6) is 0.186. The van der Waals surface area contributed by atoms with E-state index in [2.05, 4.69) is 22.3 Å². The van der Waals surface area contributed by atoms with E-state index in [9.17, 15) is 9.90 Å². The van der Waals surface area contributed by atoms with Crippen LogP contribution in [0.1, 0.15) is 32.6 Å². The fraction of sp³-hybridized carbons (Fsp3) is 0.500. The number of hydrogen-bond donors (Lipinski definition) is 2. The average molecular weight is 274 g/mol. The lowest BCUT2D eigenvalue weighted by Gasteiger charge is -2.37. The first kappa shape index (κ1) is 12.9. The smallest absolute Gasteiger partial charge is 0.329 e. The van der Waals surface area contributed by atoms with Gasteiger partial charge in [-0.05, 0) is 24.8 Å². The van der Waals surface area contributed by atoms with Gasteiger partial charge in [-0.25, -0.2) is 14.3 Å². The Kier molecular flexibility index (Phi) is 3.08. The zero-order chi connectivity index (χ0) is 14.2. The monoisotopic (exact) mass is 274 g/mol. The molecule has 1 aliphatic carbocycles. The molecule has 0 spiro atoms. The van der Waals surface area contributed by atoms with E-state index in [0.717, 1.165) is 18.4 Å². The van der Waals surface area contributed by atoms with Crippen LogP contribution in [0.3, 0.4) is 0 Å². The summed E-state index contributed by atoms with van der Waals surface area (Å²) in [4.78, 5) is 16.1. The Morgan fingerprint density at radius 3 is 3.15 bits per heavy atom. The fourth-order valence-electron chi connectivity index (χ4n) is 3.09. The lowest BCUT2D eigenvalue weighted by Crippen LogP contribution is -2.49. The first-order valence-electron chi connectivity index (χ1n) is 6.91. The Hall–Kier alpha value is -2.11. The molecule has 2 aromatic heterocycles. The molecule has 2 unspecified atom stereocenters. The molecule has 0 saturated heterocycles. The number of anilines is 1. The molecule has 2 heterocycles. The maximum Gasteiger partial charge on any atom is 0.329 e. The molecule has 0 aromatic carbocycles. The third kappa shape index (κ3) is 2.11. The van der Waals surface area contributed by atoms with Gasteiger partial charge in [0.25, 0.3) is 0 Å². The van der Waals surface area contributed by atoms with Crippen LogP contribution in [-0.4, -0.2) is 31.2 Å². The molecule has 106 valence electrons. The van der Waals surface area contributed by atoms with Crippen molar-refractivity contribution in [2.24, 2.45) is 5.92 Å². The lowest BCUT2D eigenvalue weighted by atomic mass is 9.76. The molecule has 0 bridgehead atoms. The van der Waals surface area contributed by atoms with Crippen molar-refractivity contribution < 1.29 is 9.90 Å². The van der Waals surface area contributed by atoms with Crippen LogP contribution in [0.2, 0.25) is 0 Å². The van der Waals surface area contributed by atoms with Gasteiger partial charge in [-0.2, -0.15) is 5.10 Å². The molecule has 20 heavy (non-hydrogen) atoms. The minimum atomic E-state index is -0.920. The van der Waals surface area contributed by atoms with Crippen LogP contribution >= 0.6 is 0 Å². The van der Waals surface area contributed by atoms with Crippen LogP contribution in [0, 0.1) is 5.92 Å². The predicted octanol–water partition coefficient (Wildman–Crippen LogP) is 2.17. The number of carboxylic acid groups (broad SMARTS) is 1. The van der Waals surface area contributed by atoms with Crippen molar-refractivity contribution in [1.82, 2.24) is 14.6 Å². The summed E-state index contributed by atoms with van der Waals surface area (Å²) in [6.45, 7) is 2.10. The predicted molar refractivity (Wildman–Crippen MR) is 74.6 cm³/mol. The van der Waals surface area contributed by atoms with Gasteiger partial charge in [0.15, 0.2) is 5.82 Å². The molecule has 1 aliphatic rings. The Morgan fingerprint density at radius 1 is 1.55 bits per heavy atom. The van der Waals surface area contributed by atoms with E-state index in [1.54, 1.807) is 23.1 Å². The summed E-state index contributed by atoms with van der Waals surface area (Å²) in [7, 11) is 0. The van der Waals surface area contributed by atoms with Crippen molar-refractivity contribution in [2.75, 3.05) is 5.32 Å². The van der Waals surface area contributed by atoms with E-state index in [0.29, 0.717) is 24.6 Å². The van der Waals surface area contributed by atoms with Gasteiger partial charge >= 0.3 is 5.97 Å². The number of fused-ring (bicyclic) bond motifs is 1. The molecule has 6 nitrogen and oxygen atoms in total. The summed E-state index contributed by atoms with van der Waals surface area (Å²) in [6.07, 6.45) is 8.31. The highest BCUT2D eigenvalue weighted by atomic mass is 16.4. The zero-order valence-electron chi connectivity index (χ0n) is 11.4. The Bertz CT molecular complexity index is 639. The van der Waals surface area contributed by atoms with E-state index < -0.39 is 11.5 Å². The number of carbonyl (C=O) groups is 1. The molecular weight excluding hydrogens is 256 g/mol. The summed E-state index contributed by atoms with van der Waals surface area (Å²) >= 11 is 0. The highest BCUT2D eigenvalue weighted by Gasteiger charge is 2.42. The number of aromatic nitrogens is 3. The highest BCUT2D eigenvalue weighted by Crippen LogP contribution is 2.35. The normalized spacial score (nSPS) is 26.6. The molecule has 0 amide bonds. The number of carboxylic acids is 1. The van der Waals surface area contributed by atoms with Crippen molar-refractivity contribution >= 4 is 17.3 Å². The number of nitrogens with zero attached hydrogens (tertiary/aromatic N) is 3. The number of aliphatic carboxylic acids is 1. The number of rotatable bonds is 3. The van der Waals surface area contributed by atoms with Gasteiger partial charge in [0, 0.05) is 12.4 Å². The van der Waals surface area contributed by atoms with Crippen LogP contribution in [-0.2, 0) is 4.79 Å². The quantitative estimate of drug-likeness (QED) is 0.896. The van der Waals surface area contributed by atoms with E-state index >= 15 is 0 Å². The maximum atomic E-state index is 11.8. The summed E-state index contributed by atoms with van der Waals surface area (Å²) in [5.41, 5.74) is -0.122. The second-order valence-corrected chi connectivity index (χ2v) is 5.65. The second kappa shape index (κ2) is 4.77. The van der Waals surface area contributed by atoms with Crippen LogP contribution in [0.5, 0.6) is 0 Å². The molecule has 0 radical (unpaired) electrons. The molecule has 3 rings (SSSR count). The lowest BCUT2D eigenvalue weighted by molar-refractivity contribution is -0.144. The van der Waals surface area contributed by atoms with Gasteiger partial charge < -0.3 is 10.4 Å². The van der Waals surface area contributed by atoms with Crippen molar-refractivity contribution in [3.05, 3.63) is 24.7 Å². The number of hydrogen-bond acceptors (Lipinski definition) is 4. The fourth-order valence-corrected chi connectivity index (χ4v) is 3.09. The third-order valence-corrected chi connectivity index (χ3v) is 4.09. The topological polar surface area (TPSA) is 79.5 Å². The van der Waals surface area contributed by atoms with Crippen LogP contribution in [0.15, 0.2) is 24.7 Å². The molecule has 6 heteroatoms. The molecule has 1 fully saturated rings. The standard InChI is InChI=1S/C14H18N4O2/c1-10-3-2-5-14(9-10,13(19)20)17-12-11-4-6-16-18(11)8-7-15-12/h4,6-8,10H,2-3,5,9H2,1H3,(H,15,17)(H,19,20). The second-order valence-electron chi connectivity index (χ2n) is 5.65. The van der Waals surface area contributed by atoms with Crippen LogP contribution in [0.4, 0.5) is 5.82 Å². The van der Waals surface area contributed by atoms with Gasteiger partial charge in [-0.15, -0.1) is 0 Å². The van der Waals surface area contributed by atoms with Gasteiger partial charge in [-0.3, -0.25) is 0 Å². The van der Waals surface area contributed by atoms with Gasteiger partial charge in [0.05, 0.1) is 6.20 Å². The average Bonchev–Trinajstić information content (AvgIpc) is 2.88. The van der Waals surface area contributed by atoms with Gasteiger partial charge in [-0.1, -0.05) is 19.8 Å². The zero-order valence-corrected chi connectivity index (χ0v) is 11.4. The first-order chi connectivity index (χ1) is 9.61. The molecule has 2 atom stereocenters. The maximum absolute atomic E-state index is 11.8. The minimum Gasteiger partial charge on any atom is -0.480 e. The Labute approximate surface area is 116 Å².